The topological polar surface area (TPSA) is 81.8 Å². The summed E-state index contributed by atoms with van der Waals surface area (Å²) in [6.07, 6.45) is 3.00. The number of halogens is 1. The standard InChI is InChI=1S/C33H33ClN4O3S/c1-19-14-20(2)18-37(17-19)27-10-8-23(16-25(27)34)38-31(30(36-33(38)42)26-6-4-5-13-35-26)29-12-11-28(41-29)24-9-7-22(32(39)40)15-21(24)3/h4-13,15-16,19-20,30-31H,14,17-18H2,1-3H3,(H,36,42)(H,39,40)/t19-,20-,30+,31-/m1/s1. The first-order valence-corrected chi connectivity index (χ1v) is 15.0. The van der Waals surface area contributed by atoms with E-state index in [1.807, 2.05) is 43.3 Å². The molecule has 9 heteroatoms. The minimum absolute atomic E-state index is 0.239. The Hall–Kier alpha value is -3.88. The molecule has 0 spiro atoms. The van der Waals surface area contributed by atoms with Gasteiger partial charge in [-0.2, -0.15) is 0 Å². The summed E-state index contributed by atoms with van der Waals surface area (Å²) in [6, 6.07) is 20.3. The molecule has 4 atom stereocenters. The number of aromatic carboxylic acids is 1. The smallest absolute Gasteiger partial charge is 0.335 e. The Labute approximate surface area is 256 Å². The molecule has 0 aliphatic carbocycles. The molecule has 42 heavy (non-hydrogen) atoms. The summed E-state index contributed by atoms with van der Waals surface area (Å²) in [5, 5.41) is 14.1. The quantitative estimate of drug-likeness (QED) is 0.218. The number of aryl methyl sites for hydroxylation is 1. The average Bonchev–Trinajstić information content (AvgIpc) is 3.57. The first kappa shape index (κ1) is 28.2. The molecule has 0 amide bonds. The number of aromatic nitrogens is 1. The Bertz CT molecular complexity index is 1630. The number of thiocarbonyl (C=S) groups is 1. The van der Waals surface area contributed by atoms with Gasteiger partial charge in [-0.25, -0.2) is 4.79 Å². The first-order valence-electron chi connectivity index (χ1n) is 14.2. The normalized spacial score (nSPS) is 22.3. The van der Waals surface area contributed by atoms with E-state index in [-0.39, 0.29) is 17.6 Å². The lowest BCUT2D eigenvalue weighted by Gasteiger charge is -2.37. The summed E-state index contributed by atoms with van der Waals surface area (Å²) < 4.78 is 6.50. The summed E-state index contributed by atoms with van der Waals surface area (Å²) in [4.78, 5) is 20.5. The predicted octanol–water partition coefficient (Wildman–Crippen LogP) is 7.66. The van der Waals surface area contributed by atoms with Gasteiger partial charge in [-0.05, 0) is 97.6 Å². The fourth-order valence-electron chi connectivity index (χ4n) is 6.41. The highest BCUT2D eigenvalue weighted by Crippen LogP contribution is 2.45. The van der Waals surface area contributed by atoms with E-state index < -0.39 is 5.97 Å². The lowest BCUT2D eigenvalue weighted by atomic mass is 9.91. The Balaban J connectivity index is 1.38. The summed E-state index contributed by atoms with van der Waals surface area (Å²) in [7, 11) is 0. The second-order valence-electron chi connectivity index (χ2n) is 11.5. The highest BCUT2D eigenvalue weighted by atomic mass is 35.5. The maximum absolute atomic E-state index is 11.4. The molecule has 2 aromatic heterocycles. The zero-order chi connectivity index (χ0) is 29.5. The summed E-state index contributed by atoms with van der Waals surface area (Å²) in [5.41, 5.74) is 4.63. The molecular weight excluding hydrogens is 568 g/mol. The molecule has 216 valence electrons. The molecule has 7 nitrogen and oxygen atoms in total. The second-order valence-corrected chi connectivity index (χ2v) is 12.3. The molecule has 2 aliphatic rings. The van der Waals surface area contributed by atoms with Gasteiger partial charge in [0.05, 0.1) is 28.0 Å². The average molecular weight is 601 g/mol. The number of carboxylic acid groups (broad SMARTS) is 1. The van der Waals surface area contributed by atoms with Crippen molar-refractivity contribution in [3.05, 3.63) is 101 Å². The third-order valence-electron chi connectivity index (χ3n) is 8.17. The van der Waals surface area contributed by atoms with Crippen molar-refractivity contribution >= 4 is 46.3 Å². The molecule has 2 fully saturated rings. The number of rotatable bonds is 6. The molecule has 0 unspecified atom stereocenters. The van der Waals surface area contributed by atoms with E-state index in [0.29, 0.717) is 33.5 Å². The third-order valence-corrected chi connectivity index (χ3v) is 8.79. The lowest BCUT2D eigenvalue weighted by molar-refractivity contribution is 0.0696. The highest BCUT2D eigenvalue weighted by molar-refractivity contribution is 7.80. The van der Waals surface area contributed by atoms with Crippen molar-refractivity contribution in [1.29, 1.82) is 0 Å². The van der Waals surface area contributed by atoms with Crippen molar-refractivity contribution in [3.63, 3.8) is 0 Å². The summed E-state index contributed by atoms with van der Waals surface area (Å²) in [5.74, 6) is 1.62. The van der Waals surface area contributed by atoms with Gasteiger partial charge in [-0.1, -0.05) is 37.6 Å². The van der Waals surface area contributed by atoms with Gasteiger partial charge in [0, 0.05) is 30.5 Å². The zero-order valence-electron chi connectivity index (χ0n) is 23.8. The van der Waals surface area contributed by atoms with Crippen LogP contribution in [-0.4, -0.2) is 34.3 Å². The SMILES string of the molecule is Cc1cc(C(=O)O)ccc1-c1ccc([C@@H]2[C@H](c3ccccn3)NC(=S)N2c2ccc(N3C[C@H](C)C[C@@H](C)C3)c(Cl)c2)o1. The van der Waals surface area contributed by atoms with Crippen molar-refractivity contribution in [2.45, 2.75) is 39.3 Å². The maximum Gasteiger partial charge on any atom is 0.335 e. The highest BCUT2D eigenvalue weighted by Gasteiger charge is 2.43. The van der Waals surface area contributed by atoms with Crippen LogP contribution in [0.5, 0.6) is 0 Å². The summed E-state index contributed by atoms with van der Waals surface area (Å²) >= 11 is 12.9. The van der Waals surface area contributed by atoms with Crippen molar-refractivity contribution < 1.29 is 14.3 Å². The number of hydrogen-bond acceptors (Lipinski definition) is 5. The Morgan fingerprint density at radius 2 is 1.86 bits per heavy atom. The van der Waals surface area contributed by atoms with E-state index in [2.05, 4.69) is 46.1 Å². The van der Waals surface area contributed by atoms with E-state index in [4.69, 9.17) is 28.2 Å². The number of carbonyl (C=O) groups is 1. The number of piperidine rings is 1. The number of nitrogens with zero attached hydrogens (tertiary/aromatic N) is 3. The van der Waals surface area contributed by atoms with Gasteiger partial charge in [-0.15, -0.1) is 0 Å². The Kier molecular flexibility index (Phi) is 7.68. The van der Waals surface area contributed by atoms with Crippen LogP contribution in [0.1, 0.15) is 59.7 Å². The van der Waals surface area contributed by atoms with Gasteiger partial charge in [0.15, 0.2) is 5.11 Å². The Morgan fingerprint density at radius 1 is 1.07 bits per heavy atom. The molecule has 2 aliphatic heterocycles. The van der Waals surface area contributed by atoms with Gasteiger partial charge in [0.2, 0.25) is 0 Å². The van der Waals surface area contributed by atoms with Gasteiger partial charge in [0.1, 0.15) is 17.6 Å². The number of benzene rings is 2. The maximum atomic E-state index is 11.4. The molecule has 6 rings (SSSR count). The fourth-order valence-corrected chi connectivity index (χ4v) is 7.05. The third kappa shape index (κ3) is 5.37. The van der Waals surface area contributed by atoms with Crippen LogP contribution < -0.4 is 15.1 Å². The van der Waals surface area contributed by atoms with Crippen LogP contribution in [0.2, 0.25) is 5.02 Å². The van der Waals surface area contributed by atoms with Crippen molar-refractivity contribution in [2.75, 3.05) is 22.9 Å². The van der Waals surface area contributed by atoms with Crippen LogP contribution in [-0.2, 0) is 0 Å². The number of carboxylic acids is 1. The monoisotopic (exact) mass is 600 g/mol. The minimum atomic E-state index is -0.960. The predicted molar refractivity (Wildman–Crippen MR) is 170 cm³/mol. The van der Waals surface area contributed by atoms with Crippen molar-refractivity contribution in [1.82, 2.24) is 10.3 Å². The van der Waals surface area contributed by atoms with E-state index in [0.717, 1.165) is 41.3 Å². The second kappa shape index (κ2) is 11.4. The number of anilines is 2. The molecular formula is C33H33ClN4O3S. The number of furan rings is 1. The molecule has 0 radical (unpaired) electrons. The van der Waals surface area contributed by atoms with Crippen LogP contribution in [0.15, 0.2) is 77.3 Å². The minimum Gasteiger partial charge on any atom is -0.478 e. The van der Waals surface area contributed by atoms with Crippen LogP contribution in [0, 0.1) is 18.8 Å². The van der Waals surface area contributed by atoms with Crippen LogP contribution in [0.4, 0.5) is 11.4 Å². The first-order chi connectivity index (χ1) is 20.2. The van der Waals surface area contributed by atoms with E-state index in [9.17, 15) is 9.90 Å². The van der Waals surface area contributed by atoms with Gasteiger partial charge in [-0.3, -0.25) is 4.98 Å². The zero-order valence-corrected chi connectivity index (χ0v) is 25.3. The molecule has 2 saturated heterocycles. The number of nitrogens with one attached hydrogen (secondary N) is 1. The van der Waals surface area contributed by atoms with Crippen molar-refractivity contribution in [3.8, 4) is 11.3 Å². The summed E-state index contributed by atoms with van der Waals surface area (Å²) in [6.45, 7) is 8.44. The molecule has 4 aromatic rings. The largest absolute Gasteiger partial charge is 0.478 e. The molecule has 2 aromatic carbocycles. The van der Waals surface area contributed by atoms with Gasteiger partial charge in [0.25, 0.3) is 0 Å². The van der Waals surface area contributed by atoms with E-state index in [1.165, 1.54) is 6.42 Å². The Morgan fingerprint density at radius 3 is 2.52 bits per heavy atom. The van der Waals surface area contributed by atoms with Crippen LogP contribution in [0.3, 0.4) is 0 Å². The van der Waals surface area contributed by atoms with E-state index >= 15 is 0 Å². The van der Waals surface area contributed by atoms with Crippen LogP contribution >= 0.6 is 23.8 Å². The fraction of sp³-hybridized carbons (Fsp3) is 0.303. The van der Waals surface area contributed by atoms with Gasteiger partial charge >= 0.3 is 5.97 Å². The van der Waals surface area contributed by atoms with Gasteiger partial charge < -0.3 is 24.6 Å². The number of hydrogen-bond donors (Lipinski definition) is 2. The van der Waals surface area contributed by atoms with Crippen LogP contribution in [0.25, 0.3) is 11.3 Å². The van der Waals surface area contributed by atoms with E-state index in [1.54, 1.807) is 24.4 Å². The molecule has 0 bridgehead atoms. The molecule has 0 saturated carbocycles. The number of pyridine rings is 1. The lowest BCUT2D eigenvalue weighted by Crippen LogP contribution is -2.38. The van der Waals surface area contributed by atoms with Crippen molar-refractivity contribution in [2.24, 2.45) is 11.8 Å². The molecule has 4 heterocycles. The molecule has 2 N–H and O–H groups in total.